The van der Waals surface area contributed by atoms with Gasteiger partial charge in [-0.15, -0.1) is 0 Å². The van der Waals surface area contributed by atoms with Gasteiger partial charge in [0.2, 0.25) is 0 Å². The molecule has 2 aromatic rings. The average molecular weight is 250 g/mol. The molecule has 0 spiro atoms. The Balaban J connectivity index is 1.94. The lowest BCUT2D eigenvalue weighted by Gasteiger charge is -2.14. The number of nitro groups is 1. The van der Waals surface area contributed by atoms with Gasteiger partial charge in [-0.3, -0.25) is 24.4 Å². The normalized spacial score (nSPS) is 11.1. The van der Waals surface area contributed by atoms with Gasteiger partial charge < -0.3 is 0 Å². The van der Waals surface area contributed by atoms with Crippen LogP contribution in [0.5, 0.6) is 0 Å². The van der Waals surface area contributed by atoms with Gasteiger partial charge in [0.15, 0.2) is 0 Å². The van der Waals surface area contributed by atoms with Crippen LogP contribution >= 0.6 is 0 Å². The number of aromatic nitrogens is 4. The molecule has 2 rings (SSSR count). The lowest BCUT2D eigenvalue weighted by atomic mass is 10.3. The fourth-order valence-corrected chi connectivity index (χ4v) is 1.69. The topological polar surface area (TPSA) is 82.0 Å². The van der Waals surface area contributed by atoms with E-state index < -0.39 is 4.92 Å². The van der Waals surface area contributed by atoms with Crippen molar-refractivity contribution in [2.75, 3.05) is 7.05 Å². The van der Waals surface area contributed by atoms with Crippen LogP contribution in [0.2, 0.25) is 0 Å². The van der Waals surface area contributed by atoms with Crippen molar-refractivity contribution in [1.82, 2.24) is 24.5 Å². The number of rotatable bonds is 5. The van der Waals surface area contributed by atoms with Crippen molar-refractivity contribution in [2.45, 2.75) is 13.2 Å². The summed E-state index contributed by atoms with van der Waals surface area (Å²) in [5, 5.41) is 18.5. The van der Waals surface area contributed by atoms with Crippen molar-refractivity contribution >= 4 is 5.69 Å². The lowest BCUT2D eigenvalue weighted by Crippen LogP contribution is -2.21. The minimum atomic E-state index is -0.454. The highest BCUT2D eigenvalue weighted by Crippen LogP contribution is 2.09. The van der Waals surface area contributed by atoms with E-state index in [-0.39, 0.29) is 5.69 Å². The Kier molecular flexibility index (Phi) is 3.38. The highest BCUT2D eigenvalue weighted by atomic mass is 16.6. The second kappa shape index (κ2) is 4.96. The van der Waals surface area contributed by atoms with E-state index >= 15 is 0 Å². The molecule has 0 aromatic carbocycles. The minimum Gasteiger partial charge on any atom is -0.283 e. The molecular weight excluding hydrogens is 236 g/mol. The van der Waals surface area contributed by atoms with Crippen LogP contribution in [0.25, 0.3) is 0 Å². The average Bonchev–Trinajstić information content (AvgIpc) is 2.88. The van der Waals surface area contributed by atoms with Gasteiger partial charge in [0.05, 0.1) is 17.8 Å². The lowest BCUT2D eigenvalue weighted by molar-refractivity contribution is -0.385. The van der Waals surface area contributed by atoms with Crippen molar-refractivity contribution in [2.24, 2.45) is 7.05 Å². The zero-order valence-electron chi connectivity index (χ0n) is 10.2. The molecule has 0 N–H and O–H groups in total. The van der Waals surface area contributed by atoms with Crippen LogP contribution in [0, 0.1) is 10.1 Å². The molecule has 0 aliphatic carbocycles. The third kappa shape index (κ3) is 2.92. The predicted octanol–water partition coefficient (Wildman–Crippen LogP) is 0.614. The molecule has 0 radical (unpaired) electrons. The van der Waals surface area contributed by atoms with Crippen LogP contribution in [0.3, 0.4) is 0 Å². The summed E-state index contributed by atoms with van der Waals surface area (Å²) in [6.07, 6.45) is 6.39. The molecule has 96 valence electrons. The maximum absolute atomic E-state index is 10.5. The number of hydrogen-bond donors (Lipinski definition) is 0. The third-order valence-corrected chi connectivity index (χ3v) is 2.43. The summed E-state index contributed by atoms with van der Waals surface area (Å²) in [5.41, 5.74) is 1.09. The van der Waals surface area contributed by atoms with Gasteiger partial charge in [-0.25, -0.2) is 0 Å². The Hall–Kier alpha value is -2.22. The van der Waals surface area contributed by atoms with Crippen LogP contribution in [0.4, 0.5) is 5.69 Å². The monoisotopic (exact) mass is 250 g/mol. The van der Waals surface area contributed by atoms with Crippen molar-refractivity contribution < 1.29 is 4.92 Å². The molecule has 0 aliphatic heterocycles. The van der Waals surface area contributed by atoms with Crippen LogP contribution in [-0.2, 0) is 20.3 Å². The third-order valence-electron chi connectivity index (χ3n) is 2.43. The summed E-state index contributed by atoms with van der Waals surface area (Å²) >= 11 is 0. The Morgan fingerprint density at radius 3 is 2.72 bits per heavy atom. The summed E-state index contributed by atoms with van der Waals surface area (Å²) in [7, 11) is 3.78. The standard InChI is InChI=1S/C10H14N6O2/c1-13(5-9-3-11-14(2)6-9)8-15-7-10(4-12-15)16(17)18/h3-4,6-7H,5,8H2,1-2H3. The summed E-state index contributed by atoms with van der Waals surface area (Å²) in [6.45, 7) is 1.20. The molecule has 2 aromatic heterocycles. The smallest absolute Gasteiger partial charge is 0.283 e. The van der Waals surface area contributed by atoms with E-state index in [1.54, 1.807) is 10.9 Å². The summed E-state index contributed by atoms with van der Waals surface area (Å²) in [5.74, 6) is 0. The van der Waals surface area contributed by atoms with Crippen molar-refractivity contribution in [3.8, 4) is 0 Å². The SMILES string of the molecule is CN(Cc1cnn(C)c1)Cn1cc([N+](=O)[O-])cn1. The van der Waals surface area contributed by atoms with Gasteiger partial charge in [-0.05, 0) is 7.05 Å². The molecule has 2 heterocycles. The van der Waals surface area contributed by atoms with E-state index in [4.69, 9.17) is 0 Å². The quantitative estimate of drug-likeness (QED) is 0.573. The van der Waals surface area contributed by atoms with Crippen LogP contribution in [-0.4, -0.2) is 36.4 Å². The summed E-state index contributed by atoms with van der Waals surface area (Å²) < 4.78 is 3.27. The molecule has 0 fully saturated rings. The molecule has 0 aliphatic rings. The second-order valence-corrected chi connectivity index (χ2v) is 4.17. The Morgan fingerprint density at radius 2 is 2.17 bits per heavy atom. The fourth-order valence-electron chi connectivity index (χ4n) is 1.69. The summed E-state index contributed by atoms with van der Waals surface area (Å²) in [6, 6.07) is 0. The predicted molar refractivity (Wildman–Crippen MR) is 63.6 cm³/mol. The molecule has 0 saturated heterocycles. The molecule has 0 bridgehead atoms. The van der Waals surface area contributed by atoms with Crippen LogP contribution in [0.1, 0.15) is 5.56 Å². The van der Waals surface area contributed by atoms with Gasteiger partial charge in [0.25, 0.3) is 0 Å². The molecule has 0 amide bonds. The molecule has 8 heteroatoms. The zero-order chi connectivity index (χ0) is 13.1. The zero-order valence-corrected chi connectivity index (χ0v) is 10.2. The highest BCUT2D eigenvalue weighted by molar-refractivity contribution is 5.20. The largest absolute Gasteiger partial charge is 0.307 e. The Morgan fingerprint density at radius 1 is 1.39 bits per heavy atom. The first-order valence-electron chi connectivity index (χ1n) is 5.37. The highest BCUT2D eigenvalue weighted by Gasteiger charge is 2.10. The van der Waals surface area contributed by atoms with Gasteiger partial charge in [0.1, 0.15) is 12.4 Å². The molecule has 0 saturated carbocycles. The van der Waals surface area contributed by atoms with Crippen LogP contribution < -0.4 is 0 Å². The number of aryl methyl sites for hydroxylation is 1. The van der Waals surface area contributed by atoms with E-state index in [1.165, 1.54) is 17.1 Å². The van der Waals surface area contributed by atoms with Gasteiger partial charge >= 0.3 is 5.69 Å². The van der Waals surface area contributed by atoms with Gasteiger partial charge in [-0.2, -0.15) is 10.2 Å². The van der Waals surface area contributed by atoms with E-state index in [1.807, 2.05) is 25.2 Å². The first-order valence-corrected chi connectivity index (χ1v) is 5.37. The fraction of sp³-hybridized carbons (Fsp3) is 0.400. The molecule has 0 atom stereocenters. The van der Waals surface area contributed by atoms with Crippen molar-refractivity contribution in [3.63, 3.8) is 0 Å². The Labute approximate surface area is 104 Å². The van der Waals surface area contributed by atoms with Gasteiger partial charge in [0, 0.05) is 25.4 Å². The van der Waals surface area contributed by atoms with E-state index in [9.17, 15) is 10.1 Å². The molecule has 8 nitrogen and oxygen atoms in total. The first-order chi connectivity index (χ1) is 8.54. The van der Waals surface area contributed by atoms with E-state index in [0.29, 0.717) is 13.2 Å². The van der Waals surface area contributed by atoms with E-state index in [2.05, 4.69) is 10.2 Å². The molecule has 0 unspecified atom stereocenters. The number of hydrogen-bond acceptors (Lipinski definition) is 5. The molecule has 18 heavy (non-hydrogen) atoms. The minimum absolute atomic E-state index is 0.00442. The first kappa shape index (κ1) is 12.2. The maximum Gasteiger partial charge on any atom is 0.307 e. The maximum atomic E-state index is 10.5. The van der Waals surface area contributed by atoms with Gasteiger partial charge in [-0.1, -0.05) is 0 Å². The van der Waals surface area contributed by atoms with E-state index in [0.717, 1.165) is 5.56 Å². The number of nitrogens with zero attached hydrogens (tertiary/aromatic N) is 6. The Bertz CT molecular complexity index is 546. The van der Waals surface area contributed by atoms with Crippen molar-refractivity contribution in [3.05, 3.63) is 40.5 Å². The second-order valence-electron chi connectivity index (χ2n) is 4.17. The molecular formula is C10H14N6O2. The van der Waals surface area contributed by atoms with Crippen molar-refractivity contribution in [1.29, 1.82) is 0 Å². The van der Waals surface area contributed by atoms with Crippen LogP contribution in [0.15, 0.2) is 24.8 Å². The summed E-state index contributed by atoms with van der Waals surface area (Å²) in [4.78, 5) is 12.1.